The average molecular weight is 219 g/mol. The van der Waals surface area contributed by atoms with Gasteiger partial charge in [-0.25, -0.2) is 0 Å². The van der Waals surface area contributed by atoms with Crippen LogP contribution in [-0.4, -0.2) is 19.0 Å². The van der Waals surface area contributed by atoms with Crippen molar-refractivity contribution < 1.29 is 14.3 Å². The second kappa shape index (κ2) is 3.96. The molecular weight excluding hydrogens is 206 g/mol. The van der Waals surface area contributed by atoms with E-state index in [0.29, 0.717) is 6.42 Å². The van der Waals surface area contributed by atoms with Crippen LogP contribution in [0.15, 0.2) is 18.2 Å². The highest BCUT2D eigenvalue weighted by Crippen LogP contribution is 2.27. The van der Waals surface area contributed by atoms with Crippen molar-refractivity contribution in [3.8, 4) is 0 Å². The van der Waals surface area contributed by atoms with Crippen molar-refractivity contribution in [2.45, 2.75) is 19.3 Å². The molecule has 1 aliphatic rings. The molecule has 1 atom stereocenters. The number of hydrogen-bond acceptors (Lipinski definition) is 3. The van der Waals surface area contributed by atoms with Gasteiger partial charge in [-0.1, -0.05) is 12.1 Å². The molecule has 1 heterocycles. The zero-order chi connectivity index (χ0) is 11.7. The van der Waals surface area contributed by atoms with E-state index in [-0.39, 0.29) is 17.8 Å². The van der Waals surface area contributed by atoms with E-state index in [9.17, 15) is 9.59 Å². The van der Waals surface area contributed by atoms with Gasteiger partial charge in [-0.2, -0.15) is 0 Å². The number of esters is 1. The number of amides is 1. The Labute approximate surface area is 93.6 Å². The van der Waals surface area contributed by atoms with E-state index >= 15 is 0 Å². The normalized spacial score (nSPS) is 15.2. The number of ether oxygens (including phenoxy) is 1. The number of anilines is 1. The predicted molar refractivity (Wildman–Crippen MR) is 59.2 cm³/mol. The first-order chi connectivity index (χ1) is 7.61. The average Bonchev–Trinajstić information content (AvgIpc) is 2.65. The maximum absolute atomic E-state index is 11.4. The monoisotopic (exact) mass is 219 g/mol. The largest absolute Gasteiger partial charge is 0.469 e. The van der Waals surface area contributed by atoms with E-state index in [1.165, 1.54) is 7.11 Å². The SMILES string of the molecule is COC(=O)C(C)c1ccc2c(c1)CC(=O)N2. The second-order valence-electron chi connectivity index (χ2n) is 3.89. The van der Waals surface area contributed by atoms with Gasteiger partial charge in [0.1, 0.15) is 0 Å². The Bertz CT molecular complexity index is 454. The predicted octanol–water partition coefficient (Wildman–Crippen LogP) is 1.46. The van der Waals surface area contributed by atoms with Gasteiger partial charge in [-0.3, -0.25) is 9.59 Å². The summed E-state index contributed by atoms with van der Waals surface area (Å²) in [6.07, 6.45) is 0.386. The van der Waals surface area contributed by atoms with E-state index in [1.807, 2.05) is 18.2 Å². The van der Waals surface area contributed by atoms with Crippen molar-refractivity contribution in [2.75, 3.05) is 12.4 Å². The smallest absolute Gasteiger partial charge is 0.312 e. The molecular formula is C12H13NO3. The fourth-order valence-electron chi connectivity index (χ4n) is 1.83. The lowest BCUT2D eigenvalue weighted by Gasteiger charge is -2.10. The Kier molecular flexibility index (Phi) is 2.64. The van der Waals surface area contributed by atoms with Crippen molar-refractivity contribution in [3.05, 3.63) is 29.3 Å². The summed E-state index contributed by atoms with van der Waals surface area (Å²) < 4.78 is 4.69. The van der Waals surface area contributed by atoms with Crippen LogP contribution in [0.4, 0.5) is 5.69 Å². The molecule has 0 aromatic heterocycles. The number of benzene rings is 1. The summed E-state index contributed by atoms with van der Waals surface area (Å²) >= 11 is 0. The number of carbonyl (C=O) groups excluding carboxylic acids is 2. The van der Waals surface area contributed by atoms with Crippen molar-refractivity contribution in [1.82, 2.24) is 0 Å². The first kappa shape index (κ1) is 10.7. The van der Waals surface area contributed by atoms with E-state index in [1.54, 1.807) is 6.92 Å². The molecule has 0 saturated heterocycles. The molecule has 0 spiro atoms. The van der Waals surface area contributed by atoms with Gasteiger partial charge in [0, 0.05) is 5.69 Å². The van der Waals surface area contributed by atoms with E-state index < -0.39 is 0 Å². The van der Waals surface area contributed by atoms with Crippen LogP contribution in [0.2, 0.25) is 0 Å². The molecule has 4 nitrogen and oxygen atoms in total. The summed E-state index contributed by atoms with van der Waals surface area (Å²) in [6.45, 7) is 1.79. The molecule has 0 radical (unpaired) electrons. The highest BCUT2D eigenvalue weighted by molar-refractivity contribution is 5.99. The number of hydrogen-bond donors (Lipinski definition) is 1. The van der Waals surface area contributed by atoms with Gasteiger partial charge in [-0.05, 0) is 24.1 Å². The summed E-state index contributed by atoms with van der Waals surface area (Å²) in [4.78, 5) is 22.5. The maximum atomic E-state index is 11.4. The zero-order valence-electron chi connectivity index (χ0n) is 9.24. The van der Waals surface area contributed by atoms with Gasteiger partial charge < -0.3 is 10.1 Å². The summed E-state index contributed by atoms with van der Waals surface area (Å²) in [6, 6.07) is 5.55. The van der Waals surface area contributed by atoms with Crippen molar-refractivity contribution in [1.29, 1.82) is 0 Å². The van der Waals surface area contributed by atoms with Gasteiger partial charge in [-0.15, -0.1) is 0 Å². The summed E-state index contributed by atoms with van der Waals surface area (Å²) in [5.41, 5.74) is 2.66. The third-order valence-electron chi connectivity index (χ3n) is 2.81. The topological polar surface area (TPSA) is 55.4 Å². The highest BCUT2D eigenvalue weighted by atomic mass is 16.5. The number of carbonyl (C=O) groups is 2. The summed E-state index contributed by atoms with van der Waals surface area (Å²) in [5, 5.41) is 2.75. The van der Waals surface area contributed by atoms with Crippen LogP contribution < -0.4 is 5.32 Å². The van der Waals surface area contributed by atoms with Gasteiger partial charge in [0.2, 0.25) is 5.91 Å². The standard InChI is InChI=1S/C12H13NO3/c1-7(12(15)16-2)8-3-4-10-9(5-8)6-11(14)13-10/h3-5,7H,6H2,1-2H3,(H,13,14). The Balaban J connectivity index is 2.29. The molecule has 2 rings (SSSR count). The molecule has 1 aromatic rings. The summed E-state index contributed by atoms with van der Waals surface area (Å²) in [7, 11) is 1.37. The first-order valence-corrected chi connectivity index (χ1v) is 5.12. The van der Waals surface area contributed by atoms with E-state index in [2.05, 4.69) is 10.1 Å². The van der Waals surface area contributed by atoms with E-state index in [4.69, 9.17) is 0 Å². The Hall–Kier alpha value is -1.84. The number of rotatable bonds is 2. The molecule has 0 fully saturated rings. The van der Waals surface area contributed by atoms with Crippen LogP contribution in [0.1, 0.15) is 24.0 Å². The fraction of sp³-hybridized carbons (Fsp3) is 0.333. The fourth-order valence-corrected chi connectivity index (χ4v) is 1.83. The minimum absolute atomic E-state index is 0.00197. The first-order valence-electron chi connectivity index (χ1n) is 5.12. The molecule has 0 bridgehead atoms. The minimum atomic E-state index is -0.300. The third kappa shape index (κ3) is 1.78. The molecule has 16 heavy (non-hydrogen) atoms. The minimum Gasteiger partial charge on any atom is -0.469 e. The molecule has 1 aromatic carbocycles. The molecule has 1 amide bonds. The van der Waals surface area contributed by atoms with Crippen LogP contribution in [0, 0.1) is 0 Å². The van der Waals surface area contributed by atoms with Gasteiger partial charge in [0.25, 0.3) is 0 Å². The van der Waals surface area contributed by atoms with Crippen LogP contribution in [-0.2, 0) is 20.7 Å². The third-order valence-corrected chi connectivity index (χ3v) is 2.81. The van der Waals surface area contributed by atoms with Crippen molar-refractivity contribution in [3.63, 3.8) is 0 Å². The number of methoxy groups -OCH3 is 1. The van der Waals surface area contributed by atoms with Crippen LogP contribution in [0.25, 0.3) is 0 Å². The number of nitrogens with one attached hydrogen (secondary N) is 1. The Morgan fingerprint density at radius 3 is 2.94 bits per heavy atom. The Morgan fingerprint density at radius 1 is 1.50 bits per heavy atom. The lowest BCUT2D eigenvalue weighted by molar-refractivity contribution is -0.142. The van der Waals surface area contributed by atoms with Gasteiger partial charge in [0.05, 0.1) is 19.4 Å². The van der Waals surface area contributed by atoms with Crippen LogP contribution in [0.5, 0.6) is 0 Å². The maximum Gasteiger partial charge on any atom is 0.312 e. The van der Waals surface area contributed by atoms with Gasteiger partial charge >= 0.3 is 5.97 Å². The van der Waals surface area contributed by atoms with Crippen molar-refractivity contribution >= 4 is 17.6 Å². The highest BCUT2D eigenvalue weighted by Gasteiger charge is 2.21. The second-order valence-corrected chi connectivity index (χ2v) is 3.89. The van der Waals surface area contributed by atoms with Gasteiger partial charge in [0.15, 0.2) is 0 Å². The molecule has 1 N–H and O–H groups in total. The summed E-state index contributed by atoms with van der Waals surface area (Å²) in [5.74, 6) is -0.568. The van der Waals surface area contributed by atoms with Crippen LogP contribution in [0.3, 0.4) is 0 Å². The number of fused-ring (bicyclic) bond motifs is 1. The van der Waals surface area contributed by atoms with Crippen molar-refractivity contribution in [2.24, 2.45) is 0 Å². The molecule has 4 heteroatoms. The molecule has 84 valence electrons. The molecule has 0 aliphatic carbocycles. The molecule has 1 aliphatic heterocycles. The Morgan fingerprint density at radius 2 is 2.25 bits per heavy atom. The lowest BCUT2D eigenvalue weighted by atomic mass is 9.98. The van der Waals surface area contributed by atoms with Crippen LogP contribution >= 0.6 is 0 Å². The molecule has 1 unspecified atom stereocenters. The van der Waals surface area contributed by atoms with E-state index in [0.717, 1.165) is 16.8 Å². The quantitative estimate of drug-likeness (QED) is 0.766. The molecule has 0 saturated carbocycles. The lowest BCUT2D eigenvalue weighted by Crippen LogP contribution is -2.10. The zero-order valence-corrected chi connectivity index (χ0v) is 9.24.